The van der Waals surface area contributed by atoms with Crippen molar-refractivity contribution in [3.63, 3.8) is 0 Å². The van der Waals surface area contributed by atoms with E-state index in [1.54, 1.807) is 7.11 Å². The summed E-state index contributed by atoms with van der Waals surface area (Å²) in [5.74, 6) is 0.440. The first-order valence-electron chi connectivity index (χ1n) is 3.11. The second kappa shape index (κ2) is 4.79. The van der Waals surface area contributed by atoms with Crippen molar-refractivity contribution in [2.24, 2.45) is 4.99 Å². The highest BCUT2D eigenvalue weighted by Gasteiger charge is 1.85. The van der Waals surface area contributed by atoms with Crippen LogP contribution in [0, 0.1) is 0 Å². The summed E-state index contributed by atoms with van der Waals surface area (Å²) in [6.45, 7) is 7.38. The molecule has 56 valence electrons. The molecule has 0 atom stereocenters. The molecule has 0 radical (unpaired) electrons. The van der Waals surface area contributed by atoms with Crippen LogP contribution in [0.25, 0.3) is 0 Å². The second-order valence-corrected chi connectivity index (χ2v) is 1.85. The fourth-order valence-corrected chi connectivity index (χ4v) is 0.521. The Morgan fingerprint density at radius 2 is 2.20 bits per heavy atom. The van der Waals surface area contributed by atoms with Crippen LogP contribution in [0.3, 0.4) is 0 Å². The van der Waals surface area contributed by atoms with Crippen LogP contribution in [0.1, 0.15) is 13.8 Å². The average Bonchev–Trinajstić information content (AvgIpc) is 1.88. The van der Waals surface area contributed by atoms with Crippen LogP contribution in [-0.2, 0) is 4.74 Å². The number of rotatable bonds is 3. The van der Waals surface area contributed by atoms with E-state index in [-0.39, 0.29) is 0 Å². The lowest BCUT2D eigenvalue weighted by molar-refractivity contribution is 0.290. The van der Waals surface area contributed by atoms with Gasteiger partial charge in [-0.25, -0.2) is 4.99 Å². The van der Waals surface area contributed by atoms with Crippen LogP contribution >= 0.6 is 0 Å². The monoisotopic (exact) mass is 139 g/mol. The maximum atomic E-state index is 4.75. The van der Waals surface area contributed by atoms with Gasteiger partial charge in [-0.2, -0.15) is 0 Å². The van der Waals surface area contributed by atoms with E-state index in [0.29, 0.717) is 5.88 Å². The Balaban J connectivity index is 4.02. The number of hydrogen-bond acceptors (Lipinski definition) is 2. The third kappa shape index (κ3) is 3.89. The minimum absolute atomic E-state index is 0.440. The Morgan fingerprint density at radius 3 is 2.60 bits per heavy atom. The fraction of sp³-hybridized carbons (Fsp3) is 0.375. The molecule has 0 rings (SSSR count). The van der Waals surface area contributed by atoms with Gasteiger partial charge in [-0.1, -0.05) is 6.08 Å². The highest BCUT2D eigenvalue weighted by molar-refractivity contribution is 5.93. The largest absolute Gasteiger partial charge is 0.481 e. The minimum Gasteiger partial charge on any atom is -0.481 e. The lowest BCUT2D eigenvalue weighted by Crippen LogP contribution is -1.87. The van der Waals surface area contributed by atoms with E-state index in [2.05, 4.69) is 11.6 Å². The van der Waals surface area contributed by atoms with Crippen molar-refractivity contribution in [3.8, 4) is 0 Å². The Labute approximate surface area is 61.9 Å². The van der Waals surface area contributed by atoms with Gasteiger partial charge in [0.1, 0.15) is 0 Å². The Morgan fingerprint density at radius 1 is 1.60 bits per heavy atom. The molecule has 0 aliphatic carbocycles. The predicted octanol–water partition coefficient (Wildman–Crippen LogP) is 2.14. The molecule has 0 aromatic carbocycles. The topological polar surface area (TPSA) is 21.6 Å². The molecule has 0 saturated carbocycles. The predicted molar refractivity (Wildman–Crippen MR) is 44.1 cm³/mol. The van der Waals surface area contributed by atoms with Crippen LogP contribution < -0.4 is 0 Å². The third-order valence-corrected chi connectivity index (χ3v) is 0.945. The molecule has 0 heterocycles. The summed E-state index contributed by atoms with van der Waals surface area (Å²) in [6, 6.07) is 0. The maximum Gasteiger partial charge on any atom is 0.205 e. The van der Waals surface area contributed by atoms with Crippen molar-refractivity contribution in [1.29, 1.82) is 0 Å². The molecule has 0 aromatic rings. The van der Waals surface area contributed by atoms with E-state index in [9.17, 15) is 0 Å². The molecule has 0 saturated heterocycles. The van der Waals surface area contributed by atoms with Crippen LogP contribution in [-0.4, -0.2) is 12.8 Å². The minimum atomic E-state index is 0.440. The molecule has 2 heteroatoms. The zero-order valence-corrected chi connectivity index (χ0v) is 6.72. The van der Waals surface area contributed by atoms with Crippen LogP contribution in [0.15, 0.2) is 29.6 Å². The highest BCUT2D eigenvalue weighted by Crippen LogP contribution is 1.93. The zero-order chi connectivity index (χ0) is 7.98. The van der Waals surface area contributed by atoms with Crippen LogP contribution in [0.2, 0.25) is 0 Å². The molecule has 0 unspecified atom stereocenters. The Bertz CT molecular complexity index is 168. The number of allylic oxidation sites excluding steroid dienone is 2. The van der Waals surface area contributed by atoms with Gasteiger partial charge in [0.2, 0.25) is 5.88 Å². The summed E-state index contributed by atoms with van der Waals surface area (Å²) in [4.78, 5) is 4.00. The lowest BCUT2D eigenvalue weighted by Gasteiger charge is -1.95. The molecule has 0 aliphatic heterocycles. The first-order valence-corrected chi connectivity index (χ1v) is 3.11. The van der Waals surface area contributed by atoms with Gasteiger partial charge in [-0.15, -0.1) is 0 Å². The first kappa shape index (κ1) is 8.95. The summed E-state index contributed by atoms with van der Waals surface area (Å²) in [5, 5.41) is 0. The molecule has 2 nitrogen and oxygen atoms in total. The van der Waals surface area contributed by atoms with Gasteiger partial charge in [0.25, 0.3) is 0 Å². The van der Waals surface area contributed by atoms with Crippen LogP contribution in [0.4, 0.5) is 0 Å². The molecule has 0 aromatic heterocycles. The number of hydrogen-bond donors (Lipinski definition) is 0. The van der Waals surface area contributed by atoms with Gasteiger partial charge in [0, 0.05) is 5.71 Å². The summed E-state index contributed by atoms with van der Waals surface area (Å²) >= 11 is 0. The SMILES string of the molecule is C=C(/N=C(C)\C=C/C)OC. The standard InChI is InChI=1S/C8H13NO/c1-5-6-7(2)9-8(3)10-4/h5-6H,3H2,1-2,4H3/b6-5-,9-7-. The molecule has 10 heavy (non-hydrogen) atoms. The third-order valence-electron chi connectivity index (χ3n) is 0.945. The average molecular weight is 139 g/mol. The summed E-state index contributed by atoms with van der Waals surface area (Å²) < 4.78 is 4.75. The van der Waals surface area contributed by atoms with Gasteiger partial charge in [-0.05, 0) is 26.5 Å². The molecular formula is C8H13NO. The molecule has 0 aliphatic rings. The highest BCUT2D eigenvalue weighted by atomic mass is 16.5. The van der Waals surface area contributed by atoms with Gasteiger partial charge in [0.15, 0.2) is 0 Å². The molecule has 0 N–H and O–H groups in total. The number of nitrogens with zero attached hydrogens (tertiary/aromatic N) is 1. The van der Waals surface area contributed by atoms with Crippen molar-refractivity contribution in [2.75, 3.05) is 7.11 Å². The second-order valence-electron chi connectivity index (χ2n) is 1.85. The van der Waals surface area contributed by atoms with E-state index >= 15 is 0 Å². The Hall–Kier alpha value is -1.05. The molecular weight excluding hydrogens is 126 g/mol. The Kier molecular flexibility index (Phi) is 4.29. The fourth-order valence-electron chi connectivity index (χ4n) is 0.521. The quantitative estimate of drug-likeness (QED) is 0.433. The van der Waals surface area contributed by atoms with E-state index in [1.165, 1.54) is 0 Å². The normalized spacial score (nSPS) is 12.1. The number of methoxy groups -OCH3 is 1. The van der Waals surface area contributed by atoms with Gasteiger partial charge >= 0.3 is 0 Å². The van der Waals surface area contributed by atoms with E-state index in [1.807, 2.05) is 26.0 Å². The number of ether oxygens (including phenoxy) is 1. The lowest BCUT2D eigenvalue weighted by atomic mass is 10.4. The van der Waals surface area contributed by atoms with Gasteiger partial charge in [-0.3, -0.25) is 0 Å². The van der Waals surface area contributed by atoms with Gasteiger partial charge in [0.05, 0.1) is 7.11 Å². The number of aliphatic imine (C=N–C) groups is 1. The summed E-state index contributed by atoms with van der Waals surface area (Å²) in [5.41, 5.74) is 0.898. The van der Waals surface area contributed by atoms with Crippen molar-refractivity contribution < 1.29 is 4.74 Å². The first-order chi connectivity index (χ1) is 4.70. The summed E-state index contributed by atoms with van der Waals surface area (Å²) in [7, 11) is 1.55. The smallest absolute Gasteiger partial charge is 0.205 e. The van der Waals surface area contributed by atoms with Crippen molar-refractivity contribution in [3.05, 3.63) is 24.6 Å². The van der Waals surface area contributed by atoms with Crippen molar-refractivity contribution >= 4 is 5.71 Å². The van der Waals surface area contributed by atoms with E-state index in [0.717, 1.165) is 5.71 Å². The summed E-state index contributed by atoms with van der Waals surface area (Å²) in [6.07, 6.45) is 3.81. The molecule has 0 fully saturated rings. The molecule has 0 amide bonds. The molecule has 0 spiro atoms. The van der Waals surface area contributed by atoms with E-state index < -0.39 is 0 Å². The van der Waals surface area contributed by atoms with Gasteiger partial charge < -0.3 is 4.74 Å². The maximum absolute atomic E-state index is 4.75. The van der Waals surface area contributed by atoms with Crippen molar-refractivity contribution in [2.45, 2.75) is 13.8 Å². The van der Waals surface area contributed by atoms with Crippen molar-refractivity contribution in [1.82, 2.24) is 0 Å². The zero-order valence-electron chi connectivity index (χ0n) is 6.72. The molecule has 0 bridgehead atoms. The van der Waals surface area contributed by atoms with Crippen LogP contribution in [0.5, 0.6) is 0 Å². The van der Waals surface area contributed by atoms with E-state index in [4.69, 9.17) is 4.74 Å².